The molecule has 2 unspecified atom stereocenters. The van der Waals surface area contributed by atoms with Gasteiger partial charge in [0.05, 0.1) is 14.2 Å². The molecule has 2 atom stereocenters. The summed E-state index contributed by atoms with van der Waals surface area (Å²) in [5, 5.41) is 3.42. The Balaban J connectivity index is 2.20. The first kappa shape index (κ1) is 12.2. The second kappa shape index (κ2) is 5.38. The third kappa shape index (κ3) is 2.53. The van der Waals surface area contributed by atoms with Crippen molar-refractivity contribution in [2.45, 2.75) is 24.9 Å². The maximum Gasteiger partial charge on any atom is 0.161 e. The maximum atomic E-state index is 6.26. The van der Waals surface area contributed by atoms with Gasteiger partial charge in [-0.25, -0.2) is 0 Å². The van der Waals surface area contributed by atoms with Crippen molar-refractivity contribution < 1.29 is 9.47 Å². The van der Waals surface area contributed by atoms with E-state index in [1.165, 1.54) is 6.42 Å². The Labute approximate surface area is 102 Å². The van der Waals surface area contributed by atoms with Crippen LogP contribution >= 0.6 is 0 Å². The van der Waals surface area contributed by atoms with Crippen LogP contribution in [0.3, 0.4) is 0 Å². The van der Waals surface area contributed by atoms with Crippen molar-refractivity contribution in [3.63, 3.8) is 0 Å². The van der Waals surface area contributed by atoms with Crippen LogP contribution in [0.4, 0.5) is 0 Å². The molecule has 2 rings (SSSR count). The number of benzene rings is 1. The molecule has 3 N–H and O–H groups in total. The van der Waals surface area contributed by atoms with E-state index in [1.54, 1.807) is 14.2 Å². The number of ether oxygens (including phenoxy) is 2. The van der Waals surface area contributed by atoms with Crippen molar-refractivity contribution >= 4 is 0 Å². The maximum absolute atomic E-state index is 6.26. The number of hydrogen-bond donors (Lipinski definition) is 2. The van der Waals surface area contributed by atoms with E-state index in [4.69, 9.17) is 15.2 Å². The van der Waals surface area contributed by atoms with E-state index in [0.29, 0.717) is 6.04 Å². The van der Waals surface area contributed by atoms with Crippen LogP contribution in [0.2, 0.25) is 0 Å². The first-order valence-corrected chi connectivity index (χ1v) is 5.97. The average Bonchev–Trinajstić information content (AvgIpc) is 2.90. The fourth-order valence-electron chi connectivity index (χ4n) is 2.31. The average molecular weight is 236 g/mol. The highest BCUT2D eigenvalue weighted by Crippen LogP contribution is 2.31. The number of rotatable bonds is 4. The standard InChI is InChI=1S/C13H20N2O2/c1-16-11-6-5-9(8-12(11)17-2)13(14)10-4-3-7-15-10/h5-6,8,10,13,15H,3-4,7,14H2,1-2H3. The highest BCUT2D eigenvalue weighted by Gasteiger charge is 2.23. The minimum Gasteiger partial charge on any atom is -0.493 e. The van der Waals surface area contributed by atoms with Gasteiger partial charge < -0.3 is 20.5 Å². The summed E-state index contributed by atoms with van der Waals surface area (Å²) in [6.45, 7) is 1.06. The van der Waals surface area contributed by atoms with Gasteiger partial charge in [0, 0.05) is 12.1 Å². The highest BCUT2D eigenvalue weighted by molar-refractivity contribution is 5.44. The van der Waals surface area contributed by atoms with E-state index in [0.717, 1.165) is 30.0 Å². The number of methoxy groups -OCH3 is 2. The van der Waals surface area contributed by atoms with E-state index in [-0.39, 0.29) is 6.04 Å². The van der Waals surface area contributed by atoms with Gasteiger partial charge in [0.1, 0.15) is 0 Å². The van der Waals surface area contributed by atoms with Crippen molar-refractivity contribution in [1.82, 2.24) is 5.32 Å². The predicted molar refractivity (Wildman–Crippen MR) is 67.5 cm³/mol. The molecule has 4 nitrogen and oxygen atoms in total. The van der Waals surface area contributed by atoms with Crippen LogP contribution < -0.4 is 20.5 Å². The quantitative estimate of drug-likeness (QED) is 0.831. The van der Waals surface area contributed by atoms with E-state index < -0.39 is 0 Å². The zero-order chi connectivity index (χ0) is 12.3. The van der Waals surface area contributed by atoms with Crippen LogP contribution in [-0.4, -0.2) is 26.8 Å². The van der Waals surface area contributed by atoms with E-state index in [9.17, 15) is 0 Å². The van der Waals surface area contributed by atoms with Gasteiger partial charge >= 0.3 is 0 Å². The summed E-state index contributed by atoms with van der Waals surface area (Å²) < 4.78 is 10.5. The van der Waals surface area contributed by atoms with Gasteiger partial charge in [0.2, 0.25) is 0 Å². The van der Waals surface area contributed by atoms with Crippen LogP contribution in [0.5, 0.6) is 11.5 Å². The topological polar surface area (TPSA) is 56.5 Å². The lowest BCUT2D eigenvalue weighted by molar-refractivity contribution is 0.353. The molecule has 1 saturated heterocycles. The summed E-state index contributed by atoms with van der Waals surface area (Å²) in [5.74, 6) is 1.47. The second-order valence-corrected chi connectivity index (χ2v) is 4.34. The molecular weight excluding hydrogens is 216 g/mol. The molecule has 0 radical (unpaired) electrons. The lowest BCUT2D eigenvalue weighted by Crippen LogP contribution is -2.34. The van der Waals surface area contributed by atoms with Gasteiger partial charge in [-0.3, -0.25) is 0 Å². The number of nitrogens with one attached hydrogen (secondary N) is 1. The lowest BCUT2D eigenvalue weighted by Gasteiger charge is -2.20. The highest BCUT2D eigenvalue weighted by atomic mass is 16.5. The molecule has 1 aliphatic heterocycles. The summed E-state index contributed by atoms with van der Waals surface area (Å²) in [7, 11) is 3.27. The smallest absolute Gasteiger partial charge is 0.161 e. The molecule has 1 fully saturated rings. The van der Waals surface area contributed by atoms with Crippen LogP contribution in [-0.2, 0) is 0 Å². The Hall–Kier alpha value is -1.26. The lowest BCUT2D eigenvalue weighted by atomic mass is 9.98. The second-order valence-electron chi connectivity index (χ2n) is 4.34. The van der Waals surface area contributed by atoms with Crippen molar-refractivity contribution in [2.24, 2.45) is 5.73 Å². The van der Waals surface area contributed by atoms with Crippen LogP contribution in [0.1, 0.15) is 24.4 Å². The van der Waals surface area contributed by atoms with Crippen molar-refractivity contribution in [3.05, 3.63) is 23.8 Å². The SMILES string of the molecule is COc1ccc(C(N)C2CCCN2)cc1OC. The number of hydrogen-bond acceptors (Lipinski definition) is 4. The summed E-state index contributed by atoms with van der Waals surface area (Å²) >= 11 is 0. The fourth-order valence-corrected chi connectivity index (χ4v) is 2.31. The van der Waals surface area contributed by atoms with Gasteiger partial charge in [-0.15, -0.1) is 0 Å². The van der Waals surface area contributed by atoms with Crippen molar-refractivity contribution in [1.29, 1.82) is 0 Å². The van der Waals surface area contributed by atoms with Crippen LogP contribution in [0.25, 0.3) is 0 Å². The molecule has 17 heavy (non-hydrogen) atoms. The minimum atomic E-state index is 0.0114. The third-order valence-electron chi connectivity index (χ3n) is 3.32. The summed E-state index contributed by atoms with van der Waals surface area (Å²) in [5.41, 5.74) is 7.34. The first-order valence-electron chi connectivity index (χ1n) is 5.97. The molecule has 94 valence electrons. The van der Waals surface area contributed by atoms with Gasteiger partial charge in [-0.05, 0) is 37.1 Å². The molecule has 0 bridgehead atoms. The molecule has 0 amide bonds. The van der Waals surface area contributed by atoms with Crippen molar-refractivity contribution in [3.8, 4) is 11.5 Å². The van der Waals surface area contributed by atoms with Gasteiger partial charge in [0.25, 0.3) is 0 Å². The van der Waals surface area contributed by atoms with E-state index in [2.05, 4.69) is 5.32 Å². The Morgan fingerprint density at radius 1 is 1.29 bits per heavy atom. The Kier molecular flexibility index (Phi) is 3.86. The molecular formula is C13H20N2O2. The van der Waals surface area contributed by atoms with Gasteiger partial charge in [-0.2, -0.15) is 0 Å². The fraction of sp³-hybridized carbons (Fsp3) is 0.538. The van der Waals surface area contributed by atoms with Gasteiger partial charge in [0.15, 0.2) is 11.5 Å². The van der Waals surface area contributed by atoms with Crippen LogP contribution in [0, 0.1) is 0 Å². The molecule has 0 saturated carbocycles. The monoisotopic (exact) mass is 236 g/mol. The normalized spacial score (nSPS) is 21.2. The molecule has 1 heterocycles. The predicted octanol–water partition coefficient (Wildman–Crippen LogP) is 1.46. The van der Waals surface area contributed by atoms with Gasteiger partial charge in [-0.1, -0.05) is 6.07 Å². The summed E-state index contributed by atoms with van der Waals surface area (Å²) in [6, 6.07) is 6.25. The molecule has 1 aliphatic rings. The summed E-state index contributed by atoms with van der Waals surface area (Å²) in [6.07, 6.45) is 2.33. The summed E-state index contributed by atoms with van der Waals surface area (Å²) in [4.78, 5) is 0. The zero-order valence-corrected chi connectivity index (χ0v) is 10.4. The Morgan fingerprint density at radius 3 is 2.65 bits per heavy atom. The Morgan fingerprint density at radius 2 is 2.06 bits per heavy atom. The molecule has 0 spiro atoms. The zero-order valence-electron chi connectivity index (χ0n) is 10.4. The minimum absolute atomic E-state index is 0.0114. The van der Waals surface area contributed by atoms with Crippen LogP contribution in [0.15, 0.2) is 18.2 Å². The molecule has 0 aliphatic carbocycles. The van der Waals surface area contributed by atoms with Crippen molar-refractivity contribution in [2.75, 3.05) is 20.8 Å². The molecule has 1 aromatic carbocycles. The molecule has 0 aromatic heterocycles. The molecule has 1 aromatic rings. The third-order valence-corrected chi connectivity index (χ3v) is 3.32. The number of nitrogens with two attached hydrogens (primary N) is 1. The Bertz CT molecular complexity index is 376. The molecule has 4 heteroatoms. The largest absolute Gasteiger partial charge is 0.493 e. The van der Waals surface area contributed by atoms with E-state index in [1.807, 2.05) is 18.2 Å². The first-order chi connectivity index (χ1) is 8.26. The van der Waals surface area contributed by atoms with E-state index >= 15 is 0 Å².